The van der Waals surface area contributed by atoms with Crippen LogP contribution in [0.3, 0.4) is 0 Å². The van der Waals surface area contributed by atoms with Crippen molar-refractivity contribution in [2.45, 2.75) is 32.1 Å². The van der Waals surface area contributed by atoms with Gasteiger partial charge in [0.2, 0.25) is 17.6 Å². The molecule has 1 fully saturated rings. The summed E-state index contributed by atoms with van der Waals surface area (Å²) in [5.41, 5.74) is 2.97. The minimum atomic E-state index is -0.0924. The van der Waals surface area contributed by atoms with Gasteiger partial charge in [-0.1, -0.05) is 31.1 Å². The fourth-order valence-corrected chi connectivity index (χ4v) is 3.18. The second-order valence-electron chi connectivity index (χ2n) is 6.85. The van der Waals surface area contributed by atoms with Gasteiger partial charge in [-0.2, -0.15) is 4.98 Å². The first kappa shape index (κ1) is 16.4. The molecule has 0 N–H and O–H groups in total. The van der Waals surface area contributed by atoms with Crippen LogP contribution < -0.4 is 4.90 Å². The standard InChI is InChI=1S/C20H20N4O2/c1-13(2)14-5-7-17(8-6-14)24-12-16(10-18(24)25)20-22-19(23-26-20)15-4-3-9-21-11-15/h3-9,11,13,16H,10,12H2,1-2H3. The van der Waals surface area contributed by atoms with Gasteiger partial charge in [-0.05, 0) is 35.7 Å². The second-order valence-corrected chi connectivity index (χ2v) is 6.85. The summed E-state index contributed by atoms with van der Waals surface area (Å²) >= 11 is 0. The Kier molecular flexibility index (Phi) is 4.24. The van der Waals surface area contributed by atoms with Gasteiger partial charge in [0.1, 0.15) is 0 Å². The van der Waals surface area contributed by atoms with Crippen LogP contribution in [-0.4, -0.2) is 27.6 Å². The number of nitrogens with zero attached hydrogens (tertiary/aromatic N) is 4. The van der Waals surface area contributed by atoms with E-state index in [-0.39, 0.29) is 11.8 Å². The van der Waals surface area contributed by atoms with Gasteiger partial charge in [0.25, 0.3) is 0 Å². The topological polar surface area (TPSA) is 72.1 Å². The average molecular weight is 348 g/mol. The van der Waals surface area contributed by atoms with Gasteiger partial charge in [-0.3, -0.25) is 9.78 Å². The van der Waals surface area contributed by atoms with E-state index in [1.54, 1.807) is 17.3 Å². The summed E-state index contributed by atoms with van der Waals surface area (Å²) in [5, 5.41) is 4.03. The number of hydrogen-bond donors (Lipinski definition) is 0. The van der Waals surface area contributed by atoms with Crippen molar-refractivity contribution in [1.82, 2.24) is 15.1 Å². The van der Waals surface area contributed by atoms with Gasteiger partial charge in [0, 0.05) is 36.6 Å². The molecular formula is C20H20N4O2. The normalized spacial score (nSPS) is 17.3. The van der Waals surface area contributed by atoms with Crippen LogP contribution >= 0.6 is 0 Å². The molecular weight excluding hydrogens is 328 g/mol. The predicted octanol–water partition coefficient (Wildman–Crippen LogP) is 3.78. The first-order valence-electron chi connectivity index (χ1n) is 8.76. The summed E-state index contributed by atoms with van der Waals surface area (Å²) in [6.45, 7) is 4.86. The van der Waals surface area contributed by atoms with Crippen LogP contribution in [0.2, 0.25) is 0 Å². The molecule has 0 aliphatic carbocycles. The van der Waals surface area contributed by atoms with Crippen molar-refractivity contribution in [3.63, 3.8) is 0 Å². The molecule has 0 bridgehead atoms. The molecule has 1 atom stereocenters. The summed E-state index contributed by atoms with van der Waals surface area (Å²) in [6.07, 6.45) is 3.76. The highest BCUT2D eigenvalue weighted by Gasteiger charge is 2.35. The van der Waals surface area contributed by atoms with Crippen molar-refractivity contribution < 1.29 is 9.32 Å². The third-order valence-electron chi connectivity index (χ3n) is 4.71. The minimum absolute atomic E-state index is 0.0772. The van der Waals surface area contributed by atoms with Gasteiger partial charge >= 0.3 is 0 Å². The molecule has 1 unspecified atom stereocenters. The predicted molar refractivity (Wildman–Crippen MR) is 97.8 cm³/mol. The van der Waals surface area contributed by atoms with Gasteiger partial charge in [0.05, 0.1) is 5.92 Å². The van der Waals surface area contributed by atoms with Crippen LogP contribution in [-0.2, 0) is 4.79 Å². The zero-order valence-corrected chi connectivity index (χ0v) is 14.8. The molecule has 1 aliphatic heterocycles. The summed E-state index contributed by atoms with van der Waals surface area (Å²) < 4.78 is 5.42. The Morgan fingerprint density at radius 1 is 1.19 bits per heavy atom. The molecule has 132 valence electrons. The third-order valence-corrected chi connectivity index (χ3v) is 4.71. The number of carbonyl (C=O) groups is 1. The van der Waals surface area contributed by atoms with Crippen molar-refractivity contribution in [3.05, 3.63) is 60.2 Å². The highest BCUT2D eigenvalue weighted by atomic mass is 16.5. The Balaban J connectivity index is 1.52. The summed E-state index contributed by atoms with van der Waals surface area (Å²) in [4.78, 5) is 22.8. The Labute approximate surface area is 151 Å². The highest BCUT2D eigenvalue weighted by molar-refractivity contribution is 5.96. The van der Waals surface area contributed by atoms with E-state index in [1.165, 1.54) is 5.56 Å². The fraction of sp³-hybridized carbons (Fsp3) is 0.300. The van der Waals surface area contributed by atoms with Gasteiger partial charge in [-0.25, -0.2) is 0 Å². The van der Waals surface area contributed by atoms with Crippen molar-refractivity contribution in [2.24, 2.45) is 0 Å². The molecule has 6 heteroatoms. The quantitative estimate of drug-likeness (QED) is 0.717. The number of amides is 1. The van der Waals surface area contributed by atoms with Gasteiger partial charge < -0.3 is 9.42 Å². The maximum atomic E-state index is 12.5. The van der Waals surface area contributed by atoms with Gasteiger partial charge in [-0.15, -0.1) is 0 Å². The Morgan fingerprint density at radius 2 is 2.00 bits per heavy atom. The number of carbonyl (C=O) groups excluding carboxylic acids is 1. The van der Waals surface area contributed by atoms with Crippen molar-refractivity contribution >= 4 is 11.6 Å². The van der Waals surface area contributed by atoms with Crippen LogP contribution in [0.4, 0.5) is 5.69 Å². The number of anilines is 1. The Hall–Kier alpha value is -3.02. The van der Waals surface area contributed by atoms with E-state index in [9.17, 15) is 4.79 Å². The molecule has 1 amide bonds. The Bertz CT molecular complexity index is 903. The van der Waals surface area contributed by atoms with Crippen LogP contribution in [0.1, 0.15) is 43.6 Å². The molecule has 2 aromatic heterocycles. The lowest BCUT2D eigenvalue weighted by Crippen LogP contribution is -2.24. The summed E-state index contributed by atoms with van der Waals surface area (Å²) in [6, 6.07) is 11.9. The zero-order chi connectivity index (χ0) is 18.1. The van der Waals surface area contributed by atoms with Crippen LogP contribution in [0, 0.1) is 0 Å². The average Bonchev–Trinajstić information content (AvgIpc) is 3.29. The third kappa shape index (κ3) is 3.10. The maximum absolute atomic E-state index is 12.5. The van der Waals surface area contributed by atoms with Crippen LogP contribution in [0.15, 0.2) is 53.3 Å². The zero-order valence-electron chi connectivity index (χ0n) is 14.8. The number of benzene rings is 1. The van der Waals surface area contributed by atoms with E-state index in [0.29, 0.717) is 30.6 Å². The first-order valence-corrected chi connectivity index (χ1v) is 8.76. The SMILES string of the molecule is CC(C)c1ccc(N2CC(c3nc(-c4cccnc4)no3)CC2=O)cc1. The van der Waals surface area contributed by atoms with E-state index in [1.807, 2.05) is 24.3 Å². The lowest BCUT2D eigenvalue weighted by atomic mass is 10.0. The molecule has 1 aliphatic rings. The number of hydrogen-bond acceptors (Lipinski definition) is 5. The van der Waals surface area contributed by atoms with E-state index >= 15 is 0 Å². The van der Waals surface area contributed by atoms with Gasteiger partial charge in [0.15, 0.2) is 0 Å². The molecule has 6 nitrogen and oxygen atoms in total. The molecule has 1 aromatic carbocycles. The monoisotopic (exact) mass is 348 g/mol. The smallest absolute Gasteiger partial charge is 0.232 e. The maximum Gasteiger partial charge on any atom is 0.232 e. The lowest BCUT2D eigenvalue weighted by molar-refractivity contribution is -0.117. The van der Waals surface area contributed by atoms with E-state index in [2.05, 4.69) is 41.1 Å². The minimum Gasteiger partial charge on any atom is -0.339 e. The van der Waals surface area contributed by atoms with E-state index < -0.39 is 0 Å². The molecule has 4 rings (SSSR count). The number of aromatic nitrogens is 3. The fourth-order valence-electron chi connectivity index (χ4n) is 3.18. The van der Waals surface area contributed by atoms with Crippen LogP contribution in [0.5, 0.6) is 0 Å². The summed E-state index contributed by atoms with van der Waals surface area (Å²) in [7, 11) is 0. The molecule has 3 aromatic rings. The molecule has 0 radical (unpaired) electrons. The van der Waals surface area contributed by atoms with Crippen LogP contribution in [0.25, 0.3) is 11.4 Å². The van der Waals surface area contributed by atoms with E-state index in [4.69, 9.17) is 4.52 Å². The Morgan fingerprint density at radius 3 is 2.69 bits per heavy atom. The summed E-state index contributed by atoms with van der Waals surface area (Å²) in [5.74, 6) is 1.45. The molecule has 0 spiro atoms. The van der Waals surface area contributed by atoms with E-state index in [0.717, 1.165) is 11.3 Å². The number of pyridine rings is 1. The van der Waals surface area contributed by atoms with Crippen molar-refractivity contribution in [1.29, 1.82) is 0 Å². The van der Waals surface area contributed by atoms with Crippen molar-refractivity contribution in [3.8, 4) is 11.4 Å². The highest BCUT2D eigenvalue weighted by Crippen LogP contribution is 2.32. The molecule has 3 heterocycles. The molecule has 0 saturated carbocycles. The lowest BCUT2D eigenvalue weighted by Gasteiger charge is -2.17. The van der Waals surface area contributed by atoms with Crippen molar-refractivity contribution in [2.75, 3.05) is 11.4 Å². The molecule has 26 heavy (non-hydrogen) atoms. The molecule has 1 saturated heterocycles. The number of rotatable bonds is 4. The largest absolute Gasteiger partial charge is 0.339 e. The second kappa shape index (κ2) is 6.71. The first-order chi connectivity index (χ1) is 12.6.